The highest BCUT2D eigenvalue weighted by Gasteiger charge is 2.10. The summed E-state index contributed by atoms with van der Waals surface area (Å²) in [5.74, 6) is 1.19. The van der Waals surface area contributed by atoms with E-state index in [-0.39, 0.29) is 5.91 Å². The molecule has 18 heavy (non-hydrogen) atoms. The number of hydrogen-bond donors (Lipinski definition) is 2. The minimum Gasteiger partial charge on any atom is -0.370 e. The number of anilines is 1. The normalized spacial score (nSPS) is 10.4. The van der Waals surface area contributed by atoms with E-state index in [2.05, 4.69) is 29.5 Å². The lowest BCUT2D eigenvalue weighted by Crippen LogP contribution is -2.29. The Bertz CT molecular complexity index is 375. The topological polar surface area (TPSA) is 54.0 Å². The van der Waals surface area contributed by atoms with Crippen molar-refractivity contribution >= 4 is 11.7 Å². The summed E-state index contributed by atoms with van der Waals surface area (Å²) >= 11 is 0. The van der Waals surface area contributed by atoms with Gasteiger partial charge in [-0.1, -0.05) is 32.8 Å². The zero-order valence-corrected chi connectivity index (χ0v) is 11.5. The molecule has 1 aromatic heterocycles. The minimum absolute atomic E-state index is 0.0957. The third-order valence-electron chi connectivity index (χ3n) is 3.05. The Morgan fingerprint density at radius 2 is 2.00 bits per heavy atom. The van der Waals surface area contributed by atoms with Crippen LogP contribution in [-0.2, 0) is 0 Å². The average molecular weight is 249 g/mol. The number of hydrogen-bond acceptors (Lipinski definition) is 3. The largest absolute Gasteiger partial charge is 0.370 e. The van der Waals surface area contributed by atoms with E-state index in [0.29, 0.717) is 11.6 Å². The van der Waals surface area contributed by atoms with Crippen LogP contribution in [0, 0.1) is 5.92 Å². The Hall–Kier alpha value is -1.58. The number of nitrogens with zero attached hydrogens (tertiary/aromatic N) is 1. The van der Waals surface area contributed by atoms with Crippen molar-refractivity contribution in [1.82, 2.24) is 10.3 Å². The minimum atomic E-state index is -0.0957. The first kappa shape index (κ1) is 14.5. The number of rotatable bonds is 7. The van der Waals surface area contributed by atoms with Crippen molar-refractivity contribution in [2.75, 3.05) is 18.4 Å². The highest BCUT2D eigenvalue weighted by molar-refractivity contribution is 5.92. The predicted molar refractivity (Wildman–Crippen MR) is 74.8 cm³/mol. The van der Waals surface area contributed by atoms with Gasteiger partial charge >= 0.3 is 0 Å². The Labute approximate surface area is 109 Å². The van der Waals surface area contributed by atoms with Crippen molar-refractivity contribution in [2.24, 2.45) is 5.92 Å². The highest BCUT2D eigenvalue weighted by Crippen LogP contribution is 2.07. The van der Waals surface area contributed by atoms with E-state index >= 15 is 0 Å². The molecule has 4 heteroatoms. The van der Waals surface area contributed by atoms with Crippen molar-refractivity contribution in [3.8, 4) is 0 Å². The summed E-state index contributed by atoms with van der Waals surface area (Å²) in [6.45, 7) is 7.81. The summed E-state index contributed by atoms with van der Waals surface area (Å²) in [5.41, 5.74) is 0.472. The van der Waals surface area contributed by atoms with Crippen LogP contribution in [0.5, 0.6) is 0 Å². The molecule has 0 bridgehead atoms. The molecule has 0 radical (unpaired) electrons. The Balaban J connectivity index is 2.58. The van der Waals surface area contributed by atoms with Crippen molar-refractivity contribution in [3.63, 3.8) is 0 Å². The zero-order valence-electron chi connectivity index (χ0n) is 11.5. The van der Waals surface area contributed by atoms with Crippen LogP contribution in [-0.4, -0.2) is 24.0 Å². The fourth-order valence-electron chi connectivity index (χ4n) is 1.75. The number of carbonyl (C=O) groups is 1. The molecule has 1 rings (SSSR count). The maximum Gasteiger partial charge on any atom is 0.269 e. The van der Waals surface area contributed by atoms with Gasteiger partial charge in [0.15, 0.2) is 0 Å². The van der Waals surface area contributed by atoms with Crippen LogP contribution in [0.1, 0.15) is 44.1 Å². The summed E-state index contributed by atoms with van der Waals surface area (Å²) in [4.78, 5) is 16.2. The zero-order chi connectivity index (χ0) is 13.4. The van der Waals surface area contributed by atoms with Gasteiger partial charge in [0, 0.05) is 13.1 Å². The number of amides is 1. The molecule has 0 aliphatic rings. The maximum atomic E-state index is 11.9. The third-order valence-corrected chi connectivity index (χ3v) is 3.05. The van der Waals surface area contributed by atoms with Gasteiger partial charge in [-0.2, -0.15) is 0 Å². The molecule has 2 N–H and O–H groups in total. The van der Waals surface area contributed by atoms with Crippen LogP contribution in [0.3, 0.4) is 0 Å². The maximum absolute atomic E-state index is 11.9. The van der Waals surface area contributed by atoms with Crippen LogP contribution < -0.4 is 10.6 Å². The number of nitrogens with one attached hydrogen (secondary N) is 2. The first-order valence-electron chi connectivity index (χ1n) is 6.70. The average Bonchev–Trinajstić information content (AvgIpc) is 2.40. The van der Waals surface area contributed by atoms with Gasteiger partial charge in [-0.3, -0.25) is 4.79 Å². The van der Waals surface area contributed by atoms with Crippen LogP contribution in [0.15, 0.2) is 18.2 Å². The molecule has 0 fully saturated rings. The fraction of sp³-hybridized carbons (Fsp3) is 0.571. The van der Waals surface area contributed by atoms with Gasteiger partial charge in [-0.25, -0.2) is 4.98 Å². The lowest BCUT2D eigenvalue weighted by Gasteiger charge is -2.13. The van der Waals surface area contributed by atoms with E-state index in [4.69, 9.17) is 0 Å². The van der Waals surface area contributed by atoms with Gasteiger partial charge < -0.3 is 10.6 Å². The van der Waals surface area contributed by atoms with Crippen molar-refractivity contribution in [2.45, 2.75) is 33.6 Å². The van der Waals surface area contributed by atoms with Gasteiger partial charge in [0.25, 0.3) is 5.91 Å². The molecule has 1 amide bonds. The lowest BCUT2D eigenvalue weighted by molar-refractivity contribution is 0.0941. The standard InChI is InChI=1S/C14H23N3O/c1-4-11(5-2)10-16-14(18)12-8-7-9-13(17-12)15-6-3/h7-9,11H,4-6,10H2,1-3H3,(H,15,17)(H,16,18). The Morgan fingerprint density at radius 1 is 1.28 bits per heavy atom. The summed E-state index contributed by atoms with van der Waals surface area (Å²) in [6.07, 6.45) is 2.17. The number of carbonyl (C=O) groups excluding carboxylic acids is 1. The van der Waals surface area contributed by atoms with Gasteiger partial charge in [0.1, 0.15) is 11.5 Å². The third kappa shape index (κ3) is 4.35. The Kier molecular flexibility index (Phi) is 6.19. The van der Waals surface area contributed by atoms with Crippen LogP contribution in [0.4, 0.5) is 5.82 Å². The molecule has 0 aromatic carbocycles. The molecule has 0 unspecified atom stereocenters. The van der Waals surface area contributed by atoms with Crippen LogP contribution >= 0.6 is 0 Å². The molecular formula is C14H23N3O. The second-order valence-corrected chi connectivity index (χ2v) is 4.33. The summed E-state index contributed by atoms with van der Waals surface area (Å²) in [6, 6.07) is 5.45. The molecule has 0 saturated carbocycles. The van der Waals surface area contributed by atoms with E-state index in [1.807, 2.05) is 19.1 Å². The van der Waals surface area contributed by atoms with Crippen LogP contribution in [0.25, 0.3) is 0 Å². The first-order chi connectivity index (χ1) is 8.71. The quantitative estimate of drug-likeness (QED) is 0.781. The smallest absolute Gasteiger partial charge is 0.269 e. The van der Waals surface area contributed by atoms with Crippen molar-refractivity contribution in [3.05, 3.63) is 23.9 Å². The monoisotopic (exact) mass is 249 g/mol. The second-order valence-electron chi connectivity index (χ2n) is 4.33. The van der Waals surface area contributed by atoms with E-state index in [9.17, 15) is 4.79 Å². The lowest BCUT2D eigenvalue weighted by atomic mass is 10.0. The molecule has 0 atom stereocenters. The van der Waals surface area contributed by atoms with Crippen LogP contribution in [0.2, 0.25) is 0 Å². The van der Waals surface area contributed by atoms with Crippen molar-refractivity contribution in [1.29, 1.82) is 0 Å². The van der Waals surface area contributed by atoms with Gasteiger partial charge in [0.2, 0.25) is 0 Å². The van der Waals surface area contributed by atoms with Crippen molar-refractivity contribution < 1.29 is 4.79 Å². The molecule has 0 spiro atoms. The van der Waals surface area contributed by atoms with E-state index in [1.165, 1.54) is 0 Å². The molecule has 0 saturated heterocycles. The summed E-state index contributed by atoms with van der Waals surface area (Å²) in [7, 11) is 0. The van der Waals surface area contributed by atoms with E-state index in [0.717, 1.165) is 31.7 Å². The fourth-order valence-corrected chi connectivity index (χ4v) is 1.75. The molecule has 1 aromatic rings. The molecule has 4 nitrogen and oxygen atoms in total. The van der Waals surface area contributed by atoms with Gasteiger partial charge in [-0.05, 0) is 25.0 Å². The highest BCUT2D eigenvalue weighted by atomic mass is 16.1. The molecule has 1 heterocycles. The number of pyridine rings is 1. The summed E-state index contributed by atoms with van der Waals surface area (Å²) in [5, 5.41) is 6.04. The SMILES string of the molecule is CCNc1cccc(C(=O)NCC(CC)CC)n1. The first-order valence-corrected chi connectivity index (χ1v) is 6.70. The number of aromatic nitrogens is 1. The molecular weight excluding hydrogens is 226 g/mol. The molecule has 0 aliphatic carbocycles. The Morgan fingerprint density at radius 3 is 2.61 bits per heavy atom. The summed E-state index contributed by atoms with van der Waals surface area (Å²) < 4.78 is 0. The predicted octanol–water partition coefficient (Wildman–Crippen LogP) is 2.68. The van der Waals surface area contributed by atoms with E-state index < -0.39 is 0 Å². The molecule has 100 valence electrons. The second kappa shape index (κ2) is 7.69. The van der Waals surface area contributed by atoms with Gasteiger partial charge in [-0.15, -0.1) is 0 Å². The molecule has 0 aliphatic heterocycles. The van der Waals surface area contributed by atoms with Gasteiger partial charge in [0.05, 0.1) is 0 Å². The van der Waals surface area contributed by atoms with E-state index in [1.54, 1.807) is 6.07 Å².